The molecule has 0 amide bonds. The first kappa shape index (κ1) is 13.7. The molecule has 0 radical (unpaired) electrons. The molecule has 2 aromatic rings. The van der Waals surface area contributed by atoms with Crippen LogP contribution in [0.3, 0.4) is 0 Å². The summed E-state index contributed by atoms with van der Waals surface area (Å²) in [4.78, 5) is 1.26. The highest BCUT2D eigenvalue weighted by Crippen LogP contribution is 2.19. The van der Waals surface area contributed by atoms with Crippen LogP contribution in [0, 0.1) is 0 Å². The van der Waals surface area contributed by atoms with E-state index >= 15 is 0 Å². The van der Waals surface area contributed by atoms with Crippen LogP contribution in [0.25, 0.3) is 0 Å². The zero-order chi connectivity index (χ0) is 13.6. The van der Waals surface area contributed by atoms with E-state index in [1.165, 1.54) is 36.1 Å². The summed E-state index contributed by atoms with van der Waals surface area (Å²) < 4.78 is 5.77. The standard InChI is InChI=1S/C17H21NOS/c1-2-5-15(4-1)18-12-14-7-9-16(10-8-14)19-13-17-6-3-11-20-17/h3,6-11,15,18H,1-2,4-5,12-13H2. The predicted molar refractivity (Wildman–Crippen MR) is 84.2 cm³/mol. The molecule has 1 aromatic carbocycles. The summed E-state index contributed by atoms with van der Waals surface area (Å²) in [6.07, 6.45) is 5.43. The van der Waals surface area contributed by atoms with Gasteiger partial charge in [-0.15, -0.1) is 11.3 Å². The molecule has 0 spiro atoms. The smallest absolute Gasteiger partial charge is 0.122 e. The predicted octanol–water partition coefficient (Wildman–Crippen LogP) is 4.36. The lowest BCUT2D eigenvalue weighted by atomic mass is 10.2. The molecular weight excluding hydrogens is 266 g/mol. The fourth-order valence-electron chi connectivity index (χ4n) is 2.64. The van der Waals surface area contributed by atoms with Crippen molar-refractivity contribution in [2.45, 2.75) is 44.9 Å². The van der Waals surface area contributed by atoms with Crippen LogP contribution >= 0.6 is 11.3 Å². The number of hydrogen-bond acceptors (Lipinski definition) is 3. The number of nitrogens with one attached hydrogen (secondary N) is 1. The van der Waals surface area contributed by atoms with Crippen LogP contribution in [0.4, 0.5) is 0 Å². The minimum Gasteiger partial charge on any atom is -0.488 e. The molecule has 106 valence electrons. The first-order chi connectivity index (χ1) is 9.90. The molecular formula is C17H21NOS. The lowest BCUT2D eigenvalue weighted by Crippen LogP contribution is -2.25. The Morgan fingerprint density at radius 2 is 1.90 bits per heavy atom. The van der Waals surface area contributed by atoms with Crippen LogP contribution in [0.5, 0.6) is 5.75 Å². The van der Waals surface area contributed by atoms with E-state index in [0.717, 1.165) is 18.3 Å². The average molecular weight is 287 g/mol. The fourth-order valence-corrected chi connectivity index (χ4v) is 3.26. The van der Waals surface area contributed by atoms with Crippen molar-refractivity contribution < 1.29 is 4.74 Å². The maximum atomic E-state index is 5.77. The zero-order valence-corrected chi connectivity index (χ0v) is 12.5. The van der Waals surface area contributed by atoms with Crippen molar-refractivity contribution in [3.05, 3.63) is 52.2 Å². The lowest BCUT2D eigenvalue weighted by Gasteiger charge is -2.12. The van der Waals surface area contributed by atoms with E-state index in [-0.39, 0.29) is 0 Å². The molecule has 1 fully saturated rings. The molecule has 2 nitrogen and oxygen atoms in total. The van der Waals surface area contributed by atoms with E-state index in [0.29, 0.717) is 6.61 Å². The first-order valence-corrected chi connectivity index (χ1v) is 8.25. The number of ether oxygens (including phenoxy) is 1. The molecule has 0 bridgehead atoms. The molecule has 20 heavy (non-hydrogen) atoms. The van der Waals surface area contributed by atoms with Crippen molar-refractivity contribution in [1.29, 1.82) is 0 Å². The van der Waals surface area contributed by atoms with Crippen molar-refractivity contribution in [1.82, 2.24) is 5.32 Å². The highest BCUT2D eigenvalue weighted by atomic mass is 32.1. The Labute approximate surface area is 124 Å². The Morgan fingerprint density at radius 1 is 1.10 bits per heavy atom. The number of hydrogen-bond donors (Lipinski definition) is 1. The minimum atomic E-state index is 0.664. The molecule has 1 heterocycles. The van der Waals surface area contributed by atoms with Gasteiger partial charge in [0.25, 0.3) is 0 Å². The summed E-state index contributed by atoms with van der Waals surface area (Å²) in [6, 6.07) is 13.3. The molecule has 1 saturated carbocycles. The van der Waals surface area contributed by atoms with Gasteiger partial charge >= 0.3 is 0 Å². The summed E-state index contributed by atoms with van der Waals surface area (Å²) in [6.45, 7) is 1.63. The Bertz CT molecular complexity index is 500. The fraction of sp³-hybridized carbons (Fsp3) is 0.412. The van der Waals surface area contributed by atoms with Crippen LogP contribution in [-0.2, 0) is 13.2 Å². The van der Waals surface area contributed by atoms with Crippen molar-refractivity contribution in [3.8, 4) is 5.75 Å². The topological polar surface area (TPSA) is 21.3 Å². The molecule has 3 rings (SSSR count). The van der Waals surface area contributed by atoms with Crippen molar-refractivity contribution in [2.24, 2.45) is 0 Å². The van der Waals surface area contributed by atoms with Crippen LogP contribution in [0.1, 0.15) is 36.1 Å². The maximum Gasteiger partial charge on any atom is 0.122 e. The van der Waals surface area contributed by atoms with E-state index < -0.39 is 0 Å². The summed E-state index contributed by atoms with van der Waals surface area (Å²) in [7, 11) is 0. The van der Waals surface area contributed by atoms with E-state index in [4.69, 9.17) is 4.74 Å². The van der Waals surface area contributed by atoms with E-state index in [2.05, 4.69) is 47.1 Å². The highest BCUT2D eigenvalue weighted by molar-refractivity contribution is 7.09. The van der Waals surface area contributed by atoms with Gasteiger partial charge in [-0.1, -0.05) is 31.0 Å². The van der Waals surface area contributed by atoms with Crippen LogP contribution in [0.15, 0.2) is 41.8 Å². The van der Waals surface area contributed by atoms with Gasteiger partial charge in [0, 0.05) is 17.5 Å². The second-order valence-corrected chi connectivity index (χ2v) is 6.41. The van der Waals surface area contributed by atoms with Gasteiger partial charge < -0.3 is 10.1 Å². The molecule has 0 atom stereocenters. The molecule has 1 aliphatic rings. The summed E-state index contributed by atoms with van der Waals surface area (Å²) in [5.41, 5.74) is 1.33. The SMILES string of the molecule is c1csc(COc2ccc(CNC3CCCC3)cc2)c1. The quantitative estimate of drug-likeness (QED) is 0.852. The molecule has 0 aliphatic heterocycles. The number of benzene rings is 1. The summed E-state index contributed by atoms with van der Waals surface area (Å²) in [5.74, 6) is 0.947. The largest absolute Gasteiger partial charge is 0.488 e. The lowest BCUT2D eigenvalue weighted by molar-refractivity contribution is 0.309. The third-order valence-corrected chi connectivity index (χ3v) is 4.68. The number of thiophene rings is 1. The van der Waals surface area contributed by atoms with Gasteiger partial charge in [0.1, 0.15) is 12.4 Å². The van der Waals surface area contributed by atoms with Crippen LogP contribution < -0.4 is 10.1 Å². The molecule has 1 N–H and O–H groups in total. The Morgan fingerprint density at radius 3 is 2.60 bits per heavy atom. The third-order valence-electron chi connectivity index (χ3n) is 3.83. The van der Waals surface area contributed by atoms with E-state index in [1.807, 2.05) is 0 Å². The molecule has 1 aliphatic carbocycles. The molecule has 0 unspecified atom stereocenters. The van der Waals surface area contributed by atoms with Crippen molar-refractivity contribution >= 4 is 11.3 Å². The van der Waals surface area contributed by atoms with Gasteiger partial charge in [-0.3, -0.25) is 0 Å². The maximum absolute atomic E-state index is 5.77. The van der Waals surface area contributed by atoms with Gasteiger partial charge in [-0.2, -0.15) is 0 Å². The van der Waals surface area contributed by atoms with Gasteiger partial charge in [0.15, 0.2) is 0 Å². The van der Waals surface area contributed by atoms with Crippen LogP contribution in [-0.4, -0.2) is 6.04 Å². The molecule has 3 heteroatoms. The van der Waals surface area contributed by atoms with E-state index in [9.17, 15) is 0 Å². The summed E-state index contributed by atoms with van der Waals surface area (Å²) in [5, 5.41) is 5.71. The summed E-state index contributed by atoms with van der Waals surface area (Å²) >= 11 is 1.73. The molecule has 1 aromatic heterocycles. The van der Waals surface area contributed by atoms with Gasteiger partial charge in [-0.05, 0) is 42.0 Å². The number of rotatable bonds is 6. The second kappa shape index (κ2) is 6.91. The van der Waals surface area contributed by atoms with Crippen molar-refractivity contribution in [3.63, 3.8) is 0 Å². The Balaban J connectivity index is 1.46. The Hall–Kier alpha value is -1.32. The van der Waals surface area contributed by atoms with Crippen LogP contribution in [0.2, 0.25) is 0 Å². The van der Waals surface area contributed by atoms with Gasteiger partial charge in [-0.25, -0.2) is 0 Å². The van der Waals surface area contributed by atoms with Gasteiger partial charge in [0.2, 0.25) is 0 Å². The van der Waals surface area contributed by atoms with E-state index in [1.54, 1.807) is 11.3 Å². The first-order valence-electron chi connectivity index (χ1n) is 7.38. The third kappa shape index (κ3) is 3.84. The normalized spacial score (nSPS) is 15.6. The van der Waals surface area contributed by atoms with Crippen molar-refractivity contribution in [2.75, 3.05) is 0 Å². The van der Waals surface area contributed by atoms with Gasteiger partial charge in [0.05, 0.1) is 0 Å². The minimum absolute atomic E-state index is 0.664. The Kier molecular flexibility index (Phi) is 4.72. The average Bonchev–Trinajstić information content (AvgIpc) is 3.17. The molecule has 0 saturated heterocycles. The second-order valence-electron chi connectivity index (χ2n) is 5.37. The zero-order valence-electron chi connectivity index (χ0n) is 11.7. The monoisotopic (exact) mass is 287 g/mol. The highest BCUT2D eigenvalue weighted by Gasteiger charge is 2.13.